The third-order valence-corrected chi connectivity index (χ3v) is 5.66. The Bertz CT molecular complexity index is 910. The molecule has 1 atom stereocenters. The summed E-state index contributed by atoms with van der Waals surface area (Å²) in [5.41, 5.74) is 2.97. The monoisotopic (exact) mass is 369 g/mol. The Hall–Kier alpha value is -2.24. The first kappa shape index (κ1) is 16.2. The molecule has 0 bridgehead atoms. The third kappa shape index (κ3) is 3.57. The van der Waals surface area contributed by atoms with Gasteiger partial charge in [-0.25, -0.2) is 9.97 Å². The van der Waals surface area contributed by atoms with Crippen LogP contribution in [0.4, 0.5) is 5.13 Å². The van der Waals surface area contributed by atoms with E-state index in [4.69, 9.17) is 11.6 Å². The molecule has 25 heavy (non-hydrogen) atoms. The molecule has 0 saturated carbocycles. The van der Waals surface area contributed by atoms with Crippen LogP contribution >= 0.6 is 22.9 Å². The van der Waals surface area contributed by atoms with Gasteiger partial charge in [-0.3, -0.25) is 10.1 Å². The fraction of sp³-hybridized carbons (Fsp3) is 0.211. The number of hydrogen-bond acceptors (Lipinski definition) is 4. The van der Waals surface area contributed by atoms with Crippen LogP contribution in [0.3, 0.4) is 0 Å². The van der Waals surface area contributed by atoms with Crippen molar-refractivity contribution in [3.8, 4) is 0 Å². The first-order valence-electron chi connectivity index (χ1n) is 8.15. The molecular weight excluding hydrogens is 354 g/mol. The van der Waals surface area contributed by atoms with Crippen molar-refractivity contribution in [2.24, 2.45) is 0 Å². The number of aromatic nitrogens is 2. The number of anilines is 1. The first-order chi connectivity index (χ1) is 12.2. The van der Waals surface area contributed by atoms with Gasteiger partial charge >= 0.3 is 0 Å². The van der Waals surface area contributed by atoms with Gasteiger partial charge in [-0.2, -0.15) is 0 Å². The average molecular weight is 370 g/mol. The standard InChI is InChI=1S/C19H16ClN3OS/c20-17-11-14(8-9-21-17)18(24)23-19-22-15-7-6-13(10-16(15)25-19)12-4-2-1-3-5-12/h1-5,8-9,11,13H,6-7,10H2,(H,22,23,24). The van der Waals surface area contributed by atoms with Crippen molar-refractivity contribution in [3.05, 3.63) is 75.5 Å². The molecule has 0 fully saturated rings. The van der Waals surface area contributed by atoms with E-state index >= 15 is 0 Å². The van der Waals surface area contributed by atoms with Gasteiger partial charge in [0.25, 0.3) is 5.91 Å². The van der Waals surface area contributed by atoms with E-state index in [0.717, 1.165) is 25.0 Å². The number of fused-ring (bicyclic) bond motifs is 1. The Morgan fingerprint density at radius 2 is 2.08 bits per heavy atom. The summed E-state index contributed by atoms with van der Waals surface area (Å²) in [6.07, 6.45) is 4.54. The van der Waals surface area contributed by atoms with Crippen molar-refractivity contribution in [1.29, 1.82) is 0 Å². The van der Waals surface area contributed by atoms with Gasteiger partial charge in [0.1, 0.15) is 5.15 Å². The van der Waals surface area contributed by atoms with Crippen molar-refractivity contribution in [2.75, 3.05) is 5.32 Å². The fourth-order valence-corrected chi connectivity index (χ4v) is 4.41. The van der Waals surface area contributed by atoms with Crippen LogP contribution in [0.5, 0.6) is 0 Å². The van der Waals surface area contributed by atoms with Crippen LogP contribution in [-0.2, 0) is 12.8 Å². The number of amides is 1. The molecule has 0 aliphatic heterocycles. The SMILES string of the molecule is O=C(Nc1nc2c(s1)CC(c1ccccc1)CC2)c1ccnc(Cl)c1. The Morgan fingerprint density at radius 1 is 1.24 bits per heavy atom. The number of halogens is 1. The van der Waals surface area contributed by atoms with Gasteiger partial charge in [0.05, 0.1) is 5.69 Å². The van der Waals surface area contributed by atoms with E-state index in [1.165, 1.54) is 16.6 Å². The molecule has 1 aliphatic carbocycles. The van der Waals surface area contributed by atoms with Gasteiger partial charge in [0.15, 0.2) is 5.13 Å². The zero-order valence-electron chi connectivity index (χ0n) is 13.4. The minimum Gasteiger partial charge on any atom is -0.298 e. The van der Waals surface area contributed by atoms with Crippen molar-refractivity contribution in [3.63, 3.8) is 0 Å². The summed E-state index contributed by atoms with van der Waals surface area (Å²) in [5, 5.41) is 3.83. The molecule has 1 aromatic carbocycles. The van der Waals surface area contributed by atoms with Crippen molar-refractivity contribution in [1.82, 2.24) is 9.97 Å². The molecule has 1 aliphatic rings. The third-order valence-electron chi connectivity index (χ3n) is 4.42. The number of pyridine rings is 1. The number of hydrogen-bond donors (Lipinski definition) is 1. The topological polar surface area (TPSA) is 54.9 Å². The Morgan fingerprint density at radius 3 is 2.88 bits per heavy atom. The minimum atomic E-state index is -0.213. The van der Waals surface area contributed by atoms with Gasteiger partial charge in [-0.15, -0.1) is 11.3 Å². The Labute approximate surface area is 154 Å². The van der Waals surface area contributed by atoms with Crippen LogP contribution in [0.25, 0.3) is 0 Å². The number of benzene rings is 1. The highest BCUT2D eigenvalue weighted by atomic mass is 35.5. The highest BCUT2D eigenvalue weighted by molar-refractivity contribution is 7.15. The molecule has 0 radical (unpaired) electrons. The van der Waals surface area contributed by atoms with Crippen LogP contribution in [0.1, 0.15) is 38.8 Å². The predicted octanol–water partition coefficient (Wildman–Crippen LogP) is 4.72. The Balaban J connectivity index is 1.50. The number of nitrogens with zero attached hydrogens (tertiary/aromatic N) is 2. The second-order valence-corrected chi connectivity index (χ2v) is 7.53. The van der Waals surface area contributed by atoms with E-state index in [1.54, 1.807) is 23.5 Å². The molecule has 4 nitrogen and oxygen atoms in total. The summed E-state index contributed by atoms with van der Waals surface area (Å²) in [7, 11) is 0. The highest BCUT2D eigenvalue weighted by Gasteiger charge is 2.24. The zero-order chi connectivity index (χ0) is 17.2. The van der Waals surface area contributed by atoms with Crippen LogP contribution in [0, 0.1) is 0 Å². The smallest absolute Gasteiger partial charge is 0.257 e. The lowest BCUT2D eigenvalue weighted by Gasteiger charge is -2.21. The number of carbonyl (C=O) groups excluding carboxylic acids is 1. The van der Waals surface area contributed by atoms with E-state index in [2.05, 4.69) is 39.6 Å². The molecule has 0 spiro atoms. The lowest BCUT2D eigenvalue weighted by atomic mass is 9.85. The second kappa shape index (κ2) is 6.94. The summed E-state index contributed by atoms with van der Waals surface area (Å²) < 4.78 is 0. The number of rotatable bonds is 3. The summed E-state index contributed by atoms with van der Waals surface area (Å²) in [4.78, 5) is 22.1. The number of carbonyl (C=O) groups is 1. The lowest BCUT2D eigenvalue weighted by Crippen LogP contribution is -2.12. The fourth-order valence-electron chi connectivity index (χ4n) is 3.15. The quantitative estimate of drug-likeness (QED) is 0.680. The molecule has 2 heterocycles. The molecule has 3 aromatic rings. The van der Waals surface area contributed by atoms with Gasteiger partial charge < -0.3 is 0 Å². The summed E-state index contributed by atoms with van der Waals surface area (Å²) in [5.74, 6) is 0.312. The Kier molecular flexibility index (Phi) is 4.51. The van der Waals surface area contributed by atoms with Crippen LogP contribution < -0.4 is 5.32 Å². The predicted molar refractivity (Wildman–Crippen MR) is 101 cm³/mol. The average Bonchev–Trinajstić information content (AvgIpc) is 3.03. The van der Waals surface area contributed by atoms with E-state index in [1.807, 2.05) is 6.07 Å². The van der Waals surface area contributed by atoms with Gasteiger partial charge in [0.2, 0.25) is 0 Å². The summed E-state index contributed by atoms with van der Waals surface area (Å²) in [6, 6.07) is 13.8. The van der Waals surface area contributed by atoms with E-state index in [9.17, 15) is 4.79 Å². The van der Waals surface area contributed by atoms with Crippen molar-refractivity contribution >= 4 is 34.0 Å². The summed E-state index contributed by atoms with van der Waals surface area (Å²) in [6.45, 7) is 0. The van der Waals surface area contributed by atoms with Gasteiger partial charge in [0, 0.05) is 16.6 Å². The first-order valence-corrected chi connectivity index (χ1v) is 9.35. The maximum absolute atomic E-state index is 12.3. The van der Waals surface area contributed by atoms with E-state index in [-0.39, 0.29) is 5.91 Å². The van der Waals surface area contributed by atoms with E-state index in [0.29, 0.717) is 21.8 Å². The molecule has 0 saturated heterocycles. The molecule has 1 unspecified atom stereocenters. The normalized spacial score (nSPS) is 16.3. The van der Waals surface area contributed by atoms with Crippen LogP contribution in [0.15, 0.2) is 48.7 Å². The lowest BCUT2D eigenvalue weighted by molar-refractivity contribution is 0.102. The molecule has 2 aromatic heterocycles. The largest absolute Gasteiger partial charge is 0.298 e. The van der Waals surface area contributed by atoms with Crippen molar-refractivity contribution in [2.45, 2.75) is 25.2 Å². The number of thiazole rings is 1. The number of aryl methyl sites for hydroxylation is 1. The van der Waals surface area contributed by atoms with Crippen LogP contribution in [0.2, 0.25) is 5.15 Å². The molecule has 126 valence electrons. The highest BCUT2D eigenvalue weighted by Crippen LogP contribution is 2.37. The molecule has 1 amide bonds. The second-order valence-electron chi connectivity index (χ2n) is 6.06. The maximum atomic E-state index is 12.3. The van der Waals surface area contributed by atoms with E-state index < -0.39 is 0 Å². The molecule has 6 heteroatoms. The minimum absolute atomic E-state index is 0.213. The summed E-state index contributed by atoms with van der Waals surface area (Å²) >= 11 is 7.41. The zero-order valence-corrected chi connectivity index (χ0v) is 15.0. The molecule has 4 rings (SSSR count). The van der Waals surface area contributed by atoms with Gasteiger partial charge in [-0.1, -0.05) is 41.9 Å². The van der Waals surface area contributed by atoms with Gasteiger partial charge in [-0.05, 0) is 42.9 Å². The maximum Gasteiger partial charge on any atom is 0.257 e. The van der Waals surface area contributed by atoms with Crippen molar-refractivity contribution < 1.29 is 4.79 Å². The molecular formula is C19H16ClN3OS. The number of nitrogens with one attached hydrogen (secondary N) is 1. The van der Waals surface area contributed by atoms with Crippen LogP contribution in [-0.4, -0.2) is 15.9 Å². The molecule has 1 N–H and O–H groups in total.